The molecule has 0 spiro atoms. The van der Waals surface area contributed by atoms with Crippen LogP contribution in [0, 0.1) is 0 Å². The van der Waals surface area contributed by atoms with Gasteiger partial charge in [0, 0.05) is 26.0 Å². The second-order valence-corrected chi connectivity index (χ2v) is 3.70. The number of hydrogen-bond donors (Lipinski definition) is 1. The number of carbonyl (C=O) groups excluding carboxylic acids is 1. The van der Waals surface area contributed by atoms with Gasteiger partial charge in [-0.25, -0.2) is 0 Å². The van der Waals surface area contributed by atoms with Crippen molar-refractivity contribution >= 4 is 21.7 Å². The molecule has 0 aromatic carbocycles. The summed E-state index contributed by atoms with van der Waals surface area (Å²) in [5.74, 6) is 0.145. The van der Waals surface area contributed by atoms with E-state index in [4.69, 9.17) is 9.52 Å². The number of Topliss-reactive ketones (excluding diaryl/α,β-unsaturated/α-hetero) is 1. The molecule has 0 amide bonds. The fourth-order valence-corrected chi connectivity index (χ4v) is 1.26. The van der Waals surface area contributed by atoms with Gasteiger partial charge in [-0.1, -0.05) is 0 Å². The fraction of sp³-hybridized carbons (Fsp3) is 0.444. The van der Waals surface area contributed by atoms with Crippen molar-refractivity contribution in [1.29, 1.82) is 0 Å². The Morgan fingerprint density at radius 3 is 3.00 bits per heavy atom. The lowest BCUT2D eigenvalue weighted by Gasteiger charge is -2.05. The topological polar surface area (TPSA) is 59.7 Å². The van der Waals surface area contributed by atoms with Crippen molar-refractivity contribution in [3.05, 3.63) is 22.6 Å². The molecular formula is C9H11BrO4. The maximum absolute atomic E-state index is 11.4. The molecule has 5 heteroatoms. The lowest BCUT2D eigenvalue weighted by atomic mass is 10.2. The van der Waals surface area contributed by atoms with Gasteiger partial charge in [-0.3, -0.25) is 4.79 Å². The Hall–Kier alpha value is -0.650. The maximum atomic E-state index is 11.4. The summed E-state index contributed by atoms with van der Waals surface area (Å²) in [7, 11) is 1.39. The smallest absolute Gasteiger partial charge is 0.198 e. The average molecular weight is 263 g/mol. The first kappa shape index (κ1) is 11.4. The van der Waals surface area contributed by atoms with Crippen LogP contribution in [0.25, 0.3) is 0 Å². The van der Waals surface area contributed by atoms with Crippen molar-refractivity contribution < 1.29 is 19.1 Å². The van der Waals surface area contributed by atoms with Gasteiger partial charge in [-0.15, -0.1) is 0 Å². The second kappa shape index (κ2) is 5.29. The van der Waals surface area contributed by atoms with E-state index in [1.807, 2.05) is 0 Å². The SMILES string of the molecule is COC(O)CCC(=O)c1cc(Br)co1. The van der Waals surface area contributed by atoms with E-state index in [9.17, 15) is 4.79 Å². The molecule has 0 saturated carbocycles. The summed E-state index contributed by atoms with van der Waals surface area (Å²) in [5, 5.41) is 9.04. The molecule has 14 heavy (non-hydrogen) atoms. The number of rotatable bonds is 5. The van der Waals surface area contributed by atoms with Crippen LogP contribution in [0.1, 0.15) is 23.4 Å². The number of ketones is 1. The zero-order valence-corrected chi connectivity index (χ0v) is 9.28. The standard InChI is InChI=1S/C9H11BrO4/c1-13-9(12)3-2-7(11)8-4-6(10)5-14-8/h4-5,9,12H,2-3H2,1H3. The number of aliphatic hydroxyl groups excluding tert-OH is 1. The van der Waals surface area contributed by atoms with Gasteiger partial charge >= 0.3 is 0 Å². The molecule has 1 heterocycles. The second-order valence-electron chi connectivity index (χ2n) is 2.78. The molecule has 0 aliphatic heterocycles. The van der Waals surface area contributed by atoms with E-state index in [-0.39, 0.29) is 18.6 Å². The Kier molecular flexibility index (Phi) is 4.31. The van der Waals surface area contributed by atoms with E-state index < -0.39 is 6.29 Å². The summed E-state index contributed by atoms with van der Waals surface area (Å²) >= 11 is 3.17. The molecule has 0 aliphatic rings. The number of hydrogen-bond acceptors (Lipinski definition) is 4. The molecule has 1 rings (SSSR count). The predicted octanol–water partition coefficient (Wildman–Crippen LogP) is 1.97. The van der Waals surface area contributed by atoms with Crippen molar-refractivity contribution in [2.45, 2.75) is 19.1 Å². The minimum atomic E-state index is -0.891. The van der Waals surface area contributed by atoms with Gasteiger partial charge < -0.3 is 14.3 Å². The first-order valence-electron chi connectivity index (χ1n) is 4.11. The van der Waals surface area contributed by atoms with Gasteiger partial charge in [-0.2, -0.15) is 0 Å². The van der Waals surface area contributed by atoms with E-state index >= 15 is 0 Å². The molecule has 1 N–H and O–H groups in total. The van der Waals surface area contributed by atoms with E-state index in [2.05, 4.69) is 20.7 Å². The summed E-state index contributed by atoms with van der Waals surface area (Å²) in [6.45, 7) is 0. The Labute approximate surface area is 90.0 Å². The zero-order valence-electron chi connectivity index (χ0n) is 7.70. The number of ether oxygens (including phenoxy) is 1. The molecule has 0 saturated heterocycles. The highest BCUT2D eigenvalue weighted by atomic mass is 79.9. The van der Waals surface area contributed by atoms with E-state index in [0.717, 1.165) is 4.47 Å². The summed E-state index contributed by atoms with van der Waals surface area (Å²) in [6.07, 6.45) is 1.03. The van der Waals surface area contributed by atoms with Crippen molar-refractivity contribution in [2.75, 3.05) is 7.11 Å². The highest BCUT2D eigenvalue weighted by Crippen LogP contribution is 2.16. The minimum absolute atomic E-state index is 0.146. The molecule has 0 bridgehead atoms. The molecule has 1 unspecified atom stereocenters. The van der Waals surface area contributed by atoms with Gasteiger partial charge in [0.1, 0.15) is 6.26 Å². The van der Waals surface area contributed by atoms with E-state index in [1.54, 1.807) is 6.07 Å². The summed E-state index contributed by atoms with van der Waals surface area (Å²) in [4.78, 5) is 11.4. The molecule has 0 fully saturated rings. The first-order chi connectivity index (χ1) is 6.63. The third-order valence-corrected chi connectivity index (χ3v) is 2.15. The number of halogens is 1. The minimum Gasteiger partial charge on any atom is -0.460 e. The van der Waals surface area contributed by atoms with Crippen molar-refractivity contribution in [3.63, 3.8) is 0 Å². The Bertz CT molecular complexity index is 308. The lowest BCUT2D eigenvalue weighted by molar-refractivity contribution is -0.0777. The monoisotopic (exact) mass is 262 g/mol. The molecule has 0 aliphatic carbocycles. The van der Waals surface area contributed by atoms with Gasteiger partial charge in [0.15, 0.2) is 17.8 Å². The summed E-state index contributed by atoms with van der Waals surface area (Å²) in [5.41, 5.74) is 0. The van der Waals surface area contributed by atoms with Crippen molar-refractivity contribution in [2.24, 2.45) is 0 Å². The average Bonchev–Trinajstić information content (AvgIpc) is 2.60. The van der Waals surface area contributed by atoms with Gasteiger partial charge in [0.05, 0.1) is 4.47 Å². The van der Waals surface area contributed by atoms with Crippen molar-refractivity contribution in [3.8, 4) is 0 Å². The number of carbonyl (C=O) groups is 1. The number of furan rings is 1. The highest BCUT2D eigenvalue weighted by Gasteiger charge is 2.12. The van der Waals surface area contributed by atoms with Gasteiger partial charge in [0.25, 0.3) is 0 Å². The largest absolute Gasteiger partial charge is 0.460 e. The molecule has 78 valence electrons. The molecule has 0 radical (unpaired) electrons. The molecular weight excluding hydrogens is 252 g/mol. The summed E-state index contributed by atoms with van der Waals surface area (Å²) < 4.78 is 10.3. The van der Waals surface area contributed by atoms with Crippen LogP contribution in [0.3, 0.4) is 0 Å². The van der Waals surface area contributed by atoms with Crippen LogP contribution in [0.2, 0.25) is 0 Å². The molecule has 1 aromatic rings. The van der Waals surface area contributed by atoms with Crippen LogP contribution < -0.4 is 0 Å². The maximum Gasteiger partial charge on any atom is 0.198 e. The van der Waals surface area contributed by atoms with Crippen LogP contribution in [0.5, 0.6) is 0 Å². The Balaban J connectivity index is 2.43. The quantitative estimate of drug-likeness (QED) is 0.651. The van der Waals surface area contributed by atoms with Crippen molar-refractivity contribution in [1.82, 2.24) is 0 Å². The Morgan fingerprint density at radius 2 is 2.50 bits per heavy atom. The molecule has 1 atom stereocenters. The lowest BCUT2D eigenvalue weighted by Crippen LogP contribution is -2.11. The molecule has 1 aromatic heterocycles. The fourth-order valence-electron chi connectivity index (χ4n) is 0.955. The van der Waals surface area contributed by atoms with Crippen LogP contribution in [-0.4, -0.2) is 24.3 Å². The third-order valence-electron chi connectivity index (χ3n) is 1.73. The number of aliphatic hydroxyl groups is 1. The first-order valence-corrected chi connectivity index (χ1v) is 4.91. The highest BCUT2D eigenvalue weighted by molar-refractivity contribution is 9.10. The third kappa shape index (κ3) is 3.25. The van der Waals surface area contributed by atoms with E-state index in [0.29, 0.717) is 5.76 Å². The summed E-state index contributed by atoms with van der Waals surface area (Å²) in [6, 6.07) is 1.60. The zero-order chi connectivity index (χ0) is 10.6. The molecule has 4 nitrogen and oxygen atoms in total. The predicted molar refractivity (Wildman–Crippen MR) is 53.0 cm³/mol. The van der Waals surface area contributed by atoms with Gasteiger partial charge in [0.2, 0.25) is 0 Å². The van der Waals surface area contributed by atoms with Crippen LogP contribution in [-0.2, 0) is 4.74 Å². The van der Waals surface area contributed by atoms with Crippen LogP contribution in [0.4, 0.5) is 0 Å². The normalized spacial score (nSPS) is 12.8. The van der Waals surface area contributed by atoms with Crippen LogP contribution >= 0.6 is 15.9 Å². The van der Waals surface area contributed by atoms with Gasteiger partial charge in [-0.05, 0) is 15.9 Å². The van der Waals surface area contributed by atoms with E-state index in [1.165, 1.54) is 13.4 Å². The Morgan fingerprint density at radius 1 is 1.79 bits per heavy atom. The number of methoxy groups -OCH3 is 1. The van der Waals surface area contributed by atoms with Crippen LogP contribution in [0.15, 0.2) is 21.2 Å².